The van der Waals surface area contributed by atoms with E-state index in [-0.39, 0.29) is 23.9 Å². The minimum absolute atomic E-state index is 0.00757. The van der Waals surface area contributed by atoms with Crippen LogP contribution in [-0.2, 0) is 21.2 Å². The zero-order chi connectivity index (χ0) is 23.6. The van der Waals surface area contributed by atoms with Gasteiger partial charge in [0, 0.05) is 11.6 Å². The molecule has 0 bridgehead atoms. The molecule has 1 fully saturated rings. The number of sulfone groups is 1. The summed E-state index contributed by atoms with van der Waals surface area (Å²) >= 11 is 0. The Kier molecular flexibility index (Phi) is 6.51. The number of ether oxygens (including phenoxy) is 1. The van der Waals surface area contributed by atoms with Crippen LogP contribution in [0.2, 0.25) is 0 Å². The smallest absolute Gasteiger partial charge is 0.264 e. The number of benzene rings is 2. The van der Waals surface area contributed by atoms with Gasteiger partial charge in [-0.3, -0.25) is 4.79 Å². The highest BCUT2D eigenvalue weighted by Gasteiger charge is 2.37. The van der Waals surface area contributed by atoms with Crippen LogP contribution in [0.15, 0.2) is 65.1 Å². The zero-order valence-corrected chi connectivity index (χ0v) is 18.7. The van der Waals surface area contributed by atoms with Crippen LogP contribution in [0.1, 0.15) is 19.1 Å². The van der Waals surface area contributed by atoms with Gasteiger partial charge in [-0.2, -0.15) is 0 Å². The van der Waals surface area contributed by atoms with Gasteiger partial charge in [0.05, 0.1) is 18.1 Å². The van der Waals surface area contributed by atoms with E-state index in [4.69, 9.17) is 9.15 Å². The first-order chi connectivity index (χ1) is 15.7. The molecule has 174 valence electrons. The van der Waals surface area contributed by atoms with Crippen LogP contribution in [-0.4, -0.2) is 42.9 Å². The van der Waals surface area contributed by atoms with E-state index < -0.39 is 33.7 Å². The Labute approximate surface area is 190 Å². The number of carbonyl (C=O) groups is 1. The molecule has 0 spiro atoms. The highest BCUT2D eigenvalue weighted by molar-refractivity contribution is 7.91. The Morgan fingerprint density at radius 3 is 2.30 bits per heavy atom. The minimum Gasteiger partial charge on any atom is -0.481 e. The van der Waals surface area contributed by atoms with Crippen LogP contribution in [0.3, 0.4) is 0 Å². The number of halogens is 2. The molecule has 0 radical (unpaired) electrons. The maximum Gasteiger partial charge on any atom is 0.264 e. The first-order valence-electron chi connectivity index (χ1n) is 10.5. The topological polar surface area (TPSA) is 76.8 Å². The summed E-state index contributed by atoms with van der Waals surface area (Å²) in [4.78, 5) is 14.7. The first kappa shape index (κ1) is 23.0. The second kappa shape index (κ2) is 9.35. The fourth-order valence-corrected chi connectivity index (χ4v) is 5.54. The summed E-state index contributed by atoms with van der Waals surface area (Å²) < 4.78 is 62.0. The fourth-order valence-electron chi connectivity index (χ4n) is 3.81. The lowest BCUT2D eigenvalue weighted by molar-refractivity contribution is -0.140. The molecule has 2 atom stereocenters. The highest BCUT2D eigenvalue weighted by atomic mass is 32.2. The van der Waals surface area contributed by atoms with E-state index in [0.717, 1.165) is 0 Å². The SMILES string of the molecule is C[C@H](Oc1ccc(F)cc1)C(=O)N(Cc1ccc(-c2ccc(F)cc2)o1)[C@H]1CCS(=O)(=O)C1. The number of hydrogen-bond donors (Lipinski definition) is 0. The Morgan fingerprint density at radius 1 is 1.06 bits per heavy atom. The largest absolute Gasteiger partial charge is 0.481 e. The lowest BCUT2D eigenvalue weighted by Gasteiger charge is -2.30. The van der Waals surface area contributed by atoms with Crippen molar-refractivity contribution in [2.75, 3.05) is 11.5 Å². The molecule has 1 saturated heterocycles. The van der Waals surface area contributed by atoms with Gasteiger partial charge in [-0.25, -0.2) is 17.2 Å². The molecule has 33 heavy (non-hydrogen) atoms. The van der Waals surface area contributed by atoms with Crippen molar-refractivity contribution >= 4 is 15.7 Å². The molecule has 0 N–H and O–H groups in total. The van der Waals surface area contributed by atoms with Gasteiger partial charge in [-0.05, 0) is 74.0 Å². The number of carbonyl (C=O) groups excluding carboxylic acids is 1. The van der Waals surface area contributed by atoms with Gasteiger partial charge in [-0.15, -0.1) is 0 Å². The minimum atomic E-state index is -3.24. The lowest BCUT2D eigenvalue weighted by atomic mass is 10.1. The van der Waals surface area contributed by atoms with Crippen LogP contribution in [0, 0.1) is 11.6 Å². The van der Waals surface area contributed by atoms with E-state index in [1.165, 1.54) is 41.3 Å². The standard InChI is InChI=1S/C24H23F2NO5S/c1-16(31-21-8-6-19(26)7-9-21)24(28)27(20-12-13-33(29,30)15-20)14-22-10-11-23(32-22)17-2-4-18(25)5-3-17/h2-11,16,20H,12-15H2,1H3/t16-,20-/m0/s1. The summed E-state index contributed by atoms with van der Waals surface area (Å²) in [5.74, 6) is -0.0166. The summed E-state index contributed by atoms with van der Waals surface area (Å²) in [6, 6.07) is 14.0. The summed E-state index contributed by atoms with van der Waals surface area (Å²) in [6.07, 6.45) is -0.603. The number of hydrogen-bond acceptors (Lipinski definition) is 5. The van der Waals surface area contributed by atoms with Crippen LogP contribution < -0.4 is 4.74 Å². The second-order valence-corrected chi connectivity index (χ2v) is 10.2. The quantitative estimate of drug-likeness (QED) is 0.512. The van der Waals surface area contributed by atoms with Gasteiger partial charge in [-0.1, -0.05) is 0 Å². The molecule has 1 aliphatic rings. The van der Waals surface area contributed by atoms with Gasteiger partial charge < -0.3 is 14.1 Å². The molecule has 0 saturated carbocycles. The van der Waals surface area contributed by atoms with Crippen LogP contribution in [0.5, 0.6) is 5.75 Å². The monoisotopic (exact) mass is 475 g/mol. The zero-order valence-electron chi connectivity index (χ0n) is 17.9. The van der Waals surface area contributed by atoms with E-state index in [1.807, 2.05) is 0 Å². The number of rotatable bonds is 7. The molecule has 1 amide bonds. The summed E-state index contributed by atoms with van der Waals surface area (Å²) in [6.45, 7) is 1.62. The van der Waals surface area contributed by atoms with Gasteiger partial charge >= 0.3 is 0 Å². The van der Waals surface area contributed by atoms with Crippen molar-refractivity contribution in [3.8, 4) is 17.1 Å². The molecule has 3 aromatic rings. The summed E-state index contributed by atoms with van der Waals surface area (Å²) in [5.41, 5.74) is 0.678. The molecule has 1 aromatic heterocycles. The third-order valence-electron chi connectivity index (χ3n) is 5.52. The van der Waals surface area contributed by atoms with E-state index >= 15 is 0 Å². The molecule has 1 aliphatic heterocycles. The van der Waals surface area contributed by atoms with Crippen molar-refractivity contribution in [2.45, 2.75) is 32.0 Å². The third kappa shape index (κ3) is 5.60. The molecule has 0 unspecified atom stereocenters. The van der Waals surface area contributed by atoms with E-state index in [9.17, 15) is 22.0 Å². The van der Waals surface area contributed by atoms with Crippen molar-refractivity contribution in [2.24, 2.45) is 0 Å². The van der Waals surface area contributed by atoms with Crippen molar-refractivity contribution in [3.05, 3.63) is 78.1 Å². The van der Waals surface area contributed by atoms with E-state index in [2.05, 4.69) is 0 Å². The van der Waals surface area contributed by atoms with Crippen LogP contribution in [0.4, 0.5) is 8.78 Å². The molecule has 0 aliphatic carbocycles. The molecule has 2 heterocycles. The van der Waals surface area contributed by atoms with Crippen molar-refractivity contribution < 1.29 is 31.1 Å². The van der Waals surface area contributed by atoms with Crippen molar-refractivity contribution in [1.82, 2.24) is 4.90 Å². The normalized spacial score (nSPS) is 18.1. The third-order valence-corrected chi connectivity index (χ3v) is 7.27. The van der Waals surface area contributed by atoms with Gasteiger partial charge in [0.1, 0.15) is 28.9 Å². The second-order valence-electron chi connectivity index (χ2n) is 8.01. The summed E-state index contributed by atoms with van der Waals surface area (Å²) in [7, 11) is -3.24. The molecule has 9 heteroatoms. The van der Waals surface area contributed by atoms with Crippen LogP contribution >= 0.6 is 0 Å². The lowest BCUT2D eigenvalue weighted by Crippen LogP contribution is -2.46. The predicted octanol–water partition coefficient (Wildman–Crippen LogP) is 4.21. The molecular weight excluding hydrogens is 452 g/mol. The Hall–Kier alpha value is -3.20. The van der Waals surface area contributed by atoms with Crippen LogP contribution in [0.25, 0.3) is 11.3 Å². The Balaban J connectivity index is 1.54. The highest BCUT2D eigenvalue weighted by Crippen LogP contribution is 2.26. The van der Waals surface area contributed by atoms with Gasteiger partial charge in [0.15, 0.2) is 15.9 Å². The van der Waals surface area contributed by atoms with Gasteiger partial charge in [0.2, 0.25) is 0 Å². The predicted molar refractivity (Wildman–Crippen MR) is 118 cm³/mol. The molecule has 2 aromatic carbocycles. The number of furan rings is 1. The average Bonchev–Trinajstić information content (AvgIpc) is 3.39. The van der Waals surface area contributed by atoms with Gasteiger partial charge in [0.25, 0.3) is 5.91 Å². The first-order valence-corrected chi connectivity index (χ1v) is 12.3. The number of amides is 1. The summed E-state index contributed by atoms with van der Waals surface area (Å²) in [5, 5.41) is 0. The van der Waals surface area contributed by atoms with Crippen molar-refractivity contribution in [3.63, 3.8) is 0 Å². The molecule has 4 rings (SSSR count). The maximum absolute atomic E-state index is 13.3. The Morgan fingerprint density at radius 2 is 1.70 bits per heavy atom. The average molecular weight is 476 g/mol. The fraction of sp³-hybridized carbons (Fsp3) is 0.292. The van der Waals surface area contributed by atoms with E-state index in [1.54, 1.807) is 31.2 Å². The Bertz CT molecular complexity index is 1220. The maximum atomic E-state index is 13.3. The van der Waals surface area contributed by atoms with Crippen molar-refractivity contribution in [1.29, 1.82) is 0 Å². The molecular formula is C24H23F2NO5S. The molecule has 6 nitrogen and oxygen atoms in total. The number of nitrogens with zero attached hydrogens (tertiary/aromatic N) is 1. The van der Waals surface area contributed by atoms with E-state index in [0.29, 0.717) is 29.3 Å².